The van der Waals surface area contributed by atoms with Crippen molar-refractivity contribution in [2.24, 2.45) is 0 Å². The van der Waals surface area contributed by atoms with Crippen molar-refractivity contribution in [3.63, 3.8) is 0 Å². The van der Waals surface area contributed by atoms with Crippen LogP contribution in [0.15, 0.2) is 12.2 Å². The van der Waals surface area contributed by atoms with Crippen LogP contribution in [0.1, 0.15) is 26.7 Å². The Morgan fingerprint density at radius 2 is 1.70 bits per heavy atom. The molecule has 0 aromatic carbocycles. The third-order valence-corrected chi connectivity index (χ3v) is 3.77. The van der Waals surface area contributed by atoms with Gasteiger partial charge in [-0.2, -0.15) is 30.4 Å². The van der Waals surface area contributed by atoms with Crippen LogP contribution in [0.4, 0.5) is 22.0 Å². The van der Waals surface area contributed by atoms with E-state index in [0.717, 1.165) is 6.92 Å². The molecule has 1 unspecified atom stereocenters. The third-order valence-electron chi connectivity index (χ3n) is 2.89. The van der Waals surface area contributed by atoms with Crippen LogP contribution >= 0.6 is 0 Å². The summed E-state index contributed by atoms with van der Waals surface area (Å²) in [5, 5.41) is -3.52. The highest BCUT2D eigenvalue weighted by Crippen LogP contribution is 2.37. The summed E-state index contributed by atoms with van der Waals surface area (Å²) < 4.78 is 104. The number of rotatable bonds is 10. The Morgan fingerprint density at radius 1 is 1.19 bits per heavy atom. The van der Waals surface area contributed by atoms with Crippen LogP contribution < -0.4 is 5.32 Å². The van der Waals surface area contributed by atoms with Crippen LogP contribution in [0.2, 0.25) is 0 Å². The van der Waals surface area contributed by atoms with Crippen LogP contribution in [0, 0.1) is 0 Å². The topological polar surface area (TPSA) is 119 Å². The SMILES string of the molecule is C=C(C)C(=O)OC(OCC(F)(F)S(=O)(=O)O)(C(=O)NCCCC)C(F)(F)F. The molecule has 2 N–H and O–H groups in total. The van der Waals surface area contributed by atoms with E-state index < -0.39 is 51.4 Å². The molecule has 0 saturated heterocycles. The maximum atomic E-state index is 13.5. The van der Waals surface area contributed by atoms with Crippen molar-refractivity contribution in [2.75, 3.05) is 13.2 Å². The molecule has 0 bridgehead atoms. The Balaban J connectivity index is 6.03. The Morgan fingerprint density at radius 3 is 2.07 bits per heavy atom. The Labute approximate surface area is 151 Å². The molecular formula is C13H18F5NO7S. The van der Waals surface area contributed by atoms with Crippen molar-refractivity contribution in [3.8, 4) is 0 Å². The number of amides is 1. The predicted octanol–water partition coefficient (Wildman–Crippen LogP) is 1.78. The largest absolute Gasteiger partial charge is 0.466 e. The second-order valence-corrected chi connectivity index (χ2v) is 6.84. The Bertz CT molecular complexity index is 677. The molecule has 8 nitrogen and oxygen atoms in total. The van der Waals surface area contributed by atoms with Gasteiger partial charge in [0, 0.05) is 12.1 Å². The van der Waals surface area contributed by atoms with Crippen molar-refractivity contribution in [1.82, 2.24) is 5.32 Å². The molecule has 0 aliphatic rings. The highest BCUT2D eigenvalue weighted by molar-refractivity contribution is 7.86. The van der Waals surface area contributed by atoms with Gasteiger partial charge in [-0.15, -0.1) is 0 Å². The van der Waals surface area contributed by atoms with E-state index in [1.54, 1.807) is 12.2 Å². The van der Waals surface area contributed by atoms with Crippen LogP contribution in [-0.2, 0) is 29.2 Å². The first-order chi connectivity index (χ1) is 12.0. The minimum Gasteiger partial charge on any atom is -0.412 e. The van der Waals surface area contributed by atoms with Gasteiger partial charge in [-0.1, -0.05) is 19.9 Å². The fourth-order valence-electron chi connectivity index (χ4n) is 1.38. The summed E-state index contributed by atoms with van der Waals surface area (Å²) in [5.41, 5.74) is -0.630. The van der Waals surface area contributed by atoms with E-state index in [4.69, 9.17) is 4.55 Å². The van der Waals surface area contributed by atoms with E-state index in [1.165, 1.54) is 0 Å². The highest BCUT2D eigenvalue weighted by Gasteiger charge is 2.67. The highest BCUT2D eigenvalue weighted by atomic mass is 32.2. The van der Waals surface area contributed by atoms with Gasteiger partial charge in [-0.3, -0.25) is 9.35 Å². The molecule has 158 valence electrons. The smallest absolute Gasteiger partial charge is 0.412 e. The minimum absolute atomic E-state index is 0.190. The van der Waals surface area contributed by atoms with E-state index in [2.05, 4.69) is 16.1 Å². The second-order valence-electron chi connectivity index (χ2n) is 5.29. The minimum atomic E-state index is -6.18. The molecule has 0 aliphatic carbocycles. The standard InChI is InChI=1S/C13H18F5NO7S/c1-4-5-6-19-10(21)12(13(16,17)18,26-9(20)8(2)3)25-7-11(14,15)27(22,23)24/h2,4-7H2,1,3H3,(H,19,21)(H,22,23,24). The number of hydrogen-bond donors (Lipinski definition) is 2. The van der Waals surface area contributed by atoms with Gasteiger partial charge >= 0.3 is 39.2 Å². The van der Waals surface area contributed by atoms with Gasteiger partial charge in [0.05, 0.1) is 0 Å². The molecule has 27 heavy (non-hydrogen) atoms. The first-order valence-electron chi connectivity index (χ1n) is 7.24. The van der Waals surface area contributed by atoms with Gasteiger partial charge < -0.3 is 14.8 Å². The number of unbranched alkanes of at least 4 members (excludes halogenated alkanes) is 1. The van der Waals surface area contributed by atoms with Gasteiger partial charge in [0.1, 0.15) is 6.61 Å². The molecule has 1 atom stereocenters. The molecule has 0 rings (SSSR count). The summed E-state index contributed by atoms with van der Waals surface area (Å²) in [6, 6.07) is 0. The summed E-state index contributed by atoms with van der Waals surface area (Å²) in [6.07, 6.45) is -5.26. The van der Waals surface area contributed by atoms with Gasteiger partial charge in [0.15, 0.2) is 0 Å². The van der Waals surface area contributed by atoms with E-state index in [1.807, 2.05) is 0 Å². The number of esters is 1. The molecule has 1 amide bonds. The van der Waals surface area contributed by atoms with E-state index in [0.29, 0.717) is 6.42 Å². The number of nitrogens with one attached hydrogen (secondary N) is 1. The maximum absolute atomic E-state index is 13.5. The van der Waals surface area contributed by atoms with E-state index in [9.17, 15) is 40.0 Å². The number of hydrogen-bond acceptors (Lipinski definition) is 6. The number of alkyl halides is 5. The van der Waals surface area contributed by atoms with Crippen LogP contribution in [0.3, 0.4) is 0 Å². The molecule has 0 aromatic heterocycles. The molecule has 0 fully saturated rings. The molecule has 0 aliphatic heterocycles. The molecule has 14 heteroatoms. The molecule has 0 aromatic rings. The molecule has 0 radical (unpaired) electrons. The third kappa shape index (κ3) is 6.39. The molecule has 0 heterocycles. The first-order valence-corrected chi connectivity index (χ1v) is 8.68. The molecule has 0 spiro atoms. The maximum Gasteiger partial charge on any atom is 0.466 e. The lowest BCUT2D eigenvalue weighted by Crippen LogP contribution is -2.62. The fraction of sp³-hybridized carbons (Fsp3) is 0.692. The monoisotopic (exact) mass is 427 g/mol. The summed E-state index contributed by atoms with van der Waals surface area (Å²) in [7, 11) is -6.18. The second kappa shape index (κ2) is 8.93. The van der Waals surface area contributed by atoms with Crippen molar-refractivity contribution in [2.45, 2.75) is 43.9 Å². The number of carbonyl (C=O) groups excluding carboxylic acids is 2. The summed E-state index contributed by atoms with van der Waals surface area (Å²) in [4.78, 5) is 23.5. The van der Waals surface area contributed by atoms with Crippen molar-refractivity contribution in [1.29, 1.82) is 0 Å². The normalized spacial score (nSPS) is 15.0. The van der Waals surface area contributed by atoms with Gasteiger partial charge in [0.25, 0.3) is 0 Å². The zero-order chi connectivity index (χ0) is 21.7. The van der Waals surface area contributed by atoms with Crippen LogP contribution in [-0.4, -0.2) is 55.2 Å². The van der Waals surface area contributed by atoms with Crippen LogP contribution in [0.25, 0.3) is 0 Å². The lowest BCUT2D eigenvalue weighted by atomic mass is 10.2. The average molecular weight is 427 g/mol. The number of carbonyl (C=O) groups is 2. The van der Waals surface area contributed by atoms with Crippen molar-refractivity contribution in [3.05, 3.63) is 12.2 Å². The van der Waals surface area contributed by atoms with E-state index >= 15 is 0 Å². The summed E-state index contributed by atoms with van der Waals surface area (Å²) >= 11 is 0. The first kappa shape index (κ1) is 25.2. The van der Waals surface area contributed by atoms with Crippen LogP contribution in [0.5, 0.6) is 0 Å². The van der Waals surface area contributed by atoms with E-state index in [-0.39, 0.29) is 13.0 Å². The molecular weight excluding hydrogens is 409 g/mol. The van der Waals surface area contributed by atoms with Crippen molar-refractivity contribution >= 4 is 22.0 Å². The number of ether oxygens (including phenoxy) is 2. The molecule has 0 saturated carbocycles. The van der Waals surface area contributed by atoms with Crippen molar-refractivity contribution < 1.29 is 54.0 Å². The lowest BCUT2D eigenvalue weighted by Gasteiger charge is -2.33. The zero-order valence-corrected chi connectivity index (χ0v) is 15.0. The zero-order valence-electron chi connectivity index (χ0n) is 14.2. The predicted molar refractivity (Wildman–Crippen MR) is 80.1 cm³/mol. The number of halogens is 5. The lowest BCUT2D eigenvalue weighted by molar-refractivity contribution is -0.352. The quantitative estimate of drug-likeness (QED) is 0.136. The fourth-order valence-corrected chi connectivity index (χ4v) is 1.59. The summed E-state index contributed by atoms with van der Waals surface area (Å²) in [6.45, 7) is 2.55. The Hall–Kier alpha value is -1.80. The van der Waals surface area contributed by atoms with Gasteiger partial charge in [-0.05, 0) is 13.3 Å². The average Bonchev–Trinajstić information content (AvgIpc) is 2.48. The van der Waals surface area contributed by atoms with Gasteiger partial charge in [-0.25, -0.2) is 4.79 Å². The Kier molecular flexibility index (Phi) is 8.33. The summed E-state index contributed by atoms with van der Waals surface area (Å²) in [5.74, 6) is -8.57. The van der Waals surface area contributed by atoms with Gasteiger partial charge in [0.2, 0.25) is 0 Å².